The van der Waals surface area contributed by atoms with Crippen molar-refractivity contribution < 1.29 is 4.39 Å². The van der Waals surface area contributed by atoms with E-state index in [0.717, 1.165) is 36.5 Å². The molecule has 2 aromatic carbocycles. The molecule has 0 atom stereocenters. The summed E-state index contributed by atoms with van der Waals surface area (Å²) >= 11 is 0. The number of alkyl halides is 1. The molecule has 2 aliphatic rings. The summed E-state index contributed by atoms with van der Waals surface area (Å²) in [5.41, 5.74) is 5.45. The molecule has 0 nitrogen and oxygen atoms in total. The van der Waals surface area contributed by atoms with Crippen LogP contribution in [0.15, 0.2) is 48.5 Å². The lowest BCUT2D eigenvalue weighted by molar-refractivity contribution is 0.156. The third-order valence-corrected chi connectivity index (χ3v) is 8.55. The Labute approximate surface area is 196 Å². The summed E-state index contributed by atoms with van der Waals surface area (Å²) in [5.74, 6) is 3.81. The lowest BCUT2D eigenvalue weighted by Crippen LogP contribution is -2.25. The van der Waals surface area contributed by atoms with Crippen LogP contribution in [-0.2, 0) is 6.42 Å². The van der Waals surface area contributed by atoms with E-state index in [0.29, 0.717) is 6.42 Å². The lowest BCUT2D eigenvalue weighted by Gasteiger charge is -2.38. The van der Waals surface area contributed by atoms with E-state index in [1.165, 1.54) is 80.9 Å². The lowest BCUT2D eigenvalue weighted by atomic mass is 9.68. The van der Waals surface area contributed by atoms with Gasteiger partial charge in [-0.15, -0.1) is 0 Å². The maximum atomic E-state index is 12.3. The van der Waals surface area contributed by atoms with Crippen molar-refractivity contribution in [2.75, 3.05) is 6.67 Å². The minimum atomic E-state index is -0.202. The Morgan fingerprint density at radius 1 is 0.688 bits per heavy atom. The van der Waals surface area contributed by atoms with Crippen LogP contribution < -0.4 is 0 Å². The van der Waals surface area contributed by atoms with E-state index >= 15 is 0 Å². The van der Waals surface area contributed by atoms with Crippen LogP contribution in [0.3, 0.4) is 0 Å². The molecule has 0 spiro atoms. The fourth-order valence-electron chi connectivity index (χ4n) is 6.52. The highest BCUT2D eigenvalue weighted by molar-refractivity contribution is 5.64. The summed E-state index contributed by atoms with van der Waals surface area (Å²) in [7, 11) is 0. The van der Waals surface area contributed by atoms with Gasteiger partial charge in [0.1, 0.15) is 0 Å². The summed E-state index contributed by atoms with van der Waals surface area (Å²) in [6.07, 6.45) is 17.1. The SMILES string of the molecule is CCC[C@H]1CC[C@H]([C@H]2CC[C@H](c3ccc(-c4ccc(CCCCF)cc4)cc3)CC2)CC1. The van der Waals surface area contributed by atoms with Gasteiger partial charge in [-0.05, 0) is 104 Å². The van der Waals surface area contributed by atoms with Crippen molar-refractivity contribution in [3.8, 4) is 11.1 Å². The second-order valence-corrected chi connectivity index (χ2v) is 10.6. The maximum absolute atomic E-state index is 12.3. The summed E-state index contributed by atoms with van der Waals surface area (Å²) in [6, 6.07) is 18.2. The first-order valence-electron chi connectivity index (χ1n) is 13.5. The zero-order valence-electron chi connectivity index (χ0n) is 20.2. The normalized spacial score (nSPS) is 26.2. The molecule has 0 saturated heterocycles. The van der Waals surface area contributed by atoms with Crippen LogP contribution in [0.25, 0.3) is 11.1 Å². The molecule has 0 unspecified atom stereocenters. The number of benzene rings is 2. The van der Waals surface area contributed by atoms with Gasteiger partial charge in [-0.1, -0.05) is 81.1 Å². The van der Waals surface area contributed by atoms with E-state index in [4.69, 9.17) is 0 Å². The average molecular weight is 435 g/mol. The molecule has 174 valence electrons. The first-order chi connectivity index (χ1) is 15.8. The fourth-order valence-corrected chi connectivity index (χ4v) is 6.52. The van der Waals surface area contributed by atoms with Crippen LogP contribution in [-0.4, -0.2) is 6.67 Å². The molecular weight excluding hydrogens is 391 g/mol. The van der Waals surface area contributed by atoms with Crippen molar-refractivity contribution in [2.45, 2.75) is 96.3 Å². The van der Waals surface area contributed by atoms with Crippen molar-refractivity contribution in [1.29, 1.82) is 0 Å². The number of aryl methyl sites for hydroxylation is 1. The third-order valence-electron chi connectivity index (χ3n) is 8.55. The quantitative estimate of drug-likeness (QED) is 0.345. The van der Waals surface area contributed by atoms with Gasteiger partial charge in [0.2, 0.25) is 0 Å². The predicted molar refractivity (Wildman–Crippen MR) is 136 cm³/mol. The van der Waals surface area contributed by atoms with Crippen molar-refractivity contribution in [1.82, 2.24) is 0 Å². The highest BCUT2D eigenvalue weighted by Crippen LogP contribution is 2.44. The largest absolute Gasteiger partial charge is 0.251 e. The third kappa shape index (κ3) is 6.24. The van der Waals surface area contributed by atoms with Crippen LogP contribution in [0, 0.1) is 17.8 Å². The minimum Gasteiger partial charge on any atom is -0.251 e. The first-order valence-corrected chi connectivity index (χ1v) is 13.5. The van der Waals surface area contributed by atoms with Crippen LogP contribution in [0.5, 0.6) is 0 Å². The number of hydrogen-bond donors (Lipinski definition) is 0. The monoisotopic (exact) mass is 434 g/mol. The molecule has 4 rings (SSSR count). The highest BCUT2D eigenvalue weighted by Gasteiger charge is 2.31. The Kier molecular flexibility index (Phi) is 8.83. The molecule has 0 aromatic heterocycles. The molecule has 0 amide bonds. The fraction of sp³-hybridized carbons (Fsp3) is 0.613. The van der Waals surface area contributed by atoms with E-state index in [9.17, 15) is 4.39 Å². The predicted octanol–water partition coefficient (Wildman–Crippen LogP) is 9.53. The zero-order valence-corrected chi connectivity index (χ0v) is 20.2. The molecule has 2 fully saturated rings. The van der Waals surface area contributed by atoms with Gasteiger partial charge in [0.25, 0.3) is 0 Å². The van der Waals surface area contributed by atoms with Crippen LogP contribution >= 0.6 is 0 Å². The van der Waals surface area contributed by atoms with E-state index in [2.05, 4.69) is 55.5 Å². The summed E-state index contributed by atoms with van der Waals surface area (Å²) < 4.78 is 12.3. The van der Waals surface area contributed by atoms with Crippen molar-refractivity contribution >= 4 is 0 Å². The van der Waals surface area contributed by atoms with E-state index in [-0.39, 0.29) is 6.67 Å². The Balaban J connectivity index is 1.26. The van der Waals surface area contributed by atoms with Crippen molar-refractivity contribution in [3.05, 3.63) is 59.7 Å². The minimum absolute atomic E-state index is 0.202. The molecule has 32 heavy (non-hydrogen) atoms. The molecule has 2 aromatic rings. The van der Waals surface area contributed by atoms with Crippen LogP contribution in [0.2, 0.25) is 0 Å². The van der Waals surface area contributed by atoms with Gasteiger partial charge in [-0.2, -0.15) is 0 Å². The molecule has 2 aliphatic carbocycles. The number of hydrogen-bond acceptors (Lipinski definition) is 0. The number of unbranched alkanes of at least 4 members (excludes halogenated alkanes) is 1. The van der Waals surface area contributed by atoms with Gasteiger partial charge in [0.05, 0.1) is 6.67 Å². The summed E-state index contributed by atoms with van der Waals surface area (Å²) in [5, 5.41) is 0. The van der Waals surface area contributed by atoms with Crippen LogP contribution in [0.1, 0.15) is 101 Å². The number of rotatable bonds is 9. The van der Waals surface area contributed by atoms with E-state index in [1.54, 1.807) is 5.56 Å². The second kappa shape index (κ2) is 12.0. The van der Waals surface area contributed by atoms with Gasteiger partial charge in [0.15, 0.2) is 0 Å². The van der Waals surface area contributed by atoms with Gasteiger partial charge in [-0.3, -0.25) is 4.39 Å². The van der Waals surface area contributed by atoms with Crippen molar-refractivity contribution in [3.63, 3.8) is 0 Å². The average Bonchev–Trinajstić information content (AvgIpc) is 2.86. The standard InChI is InChI=1S/C31H43F/c1-2-5-24-7-11-26(12-8-24)28-15-19-30(20-16-28)31-21-17-29(18-22-31)27-13-9-25(10-14-27)6-3-4-23-32/h9-10,13-14,17-18,21-22,24,26,28,30H,2-8,11-12,15-16,19-20,23H2,1H3/t24-,26-,28-,30-. The summed E-state index contributed by atoms with van der Waals surface area (Å²) in [6.45, 7) is 2.14. The first kappa shape index (κ1) is 23.5. The topological polar surface area (TPSA) is 0 Å². The molecule has 1 heteroatoms. The second-order valence-electron chi connectivity index (χ2n) is 10.6. The molecule has 0 N–H and O–H groups in total. The highest BCUT2D eigenvalue weighted by atomic mass is 19.1. The van der Waals surface area contributed by atoms with Gasteiger partial charge >= 0.3 is 0 Å². The Bertz CT molecular complexity index is 774. The van der Waals surface area contributed by atoms with Gasteiger partial charge in [0, 0.05) is 0 Å². The molecule has 2 saturated carbocycles. The van der Waals surface area contributed by atoms with E-state index in [1.807, 2.05) is 0 Å². The van der Waals surface area contributed by atoms with Gasteiger partial charge in [-0.25, -0.2) is 0 Å². The zero-order chi connectivity index (χ0) is 22.2. The molecule has 0 bridgehead atoms. The molecule has 0 radical (unpaired) electrons. The number of halogens is 1. The van der Waals surface area contributed by atoms with Gasteiger partial charge < -0.3 is 0 Å². The Hall–Kier alpha value is -1.63. The van der Waals surface area contributed by atoms with Crippen molar-refractivity contribution in [2.24, 2.45) is 17.8 Å². The maximum Gasteiger partial charge on any atom is 0.0894 e. The Morgan fingerprint density at radius 2 is 1.25 bits per heavy atom. The summed E-state index contributed by atoms with van der Waals surface area (Å²) in [4.78, 5) is 0. The van der Waals surface area contributed by atoms with Crippen LogP contribution in [0.4, 0.5) is 4.39 Å². The molecule has 0 heterocycles. The molecule has 0 aliphatic heterocycles. The van der Waals surface area contributed by atoms with E-state index < -0.39 is 0 Å². The Morgan fingerprint density at radius 3 is 1.81 bits per heavy atom. The molecular formula is C31H43F. The smallest absolute Gasteiger partial charge is 0.0894 e.